The fourth-order valence-corrected chi connectivity index (χ4v) is 3.13. The molecule has 0 aliphatic carbocycles. The van der Waals surface area contributed by atoms with Crippen molar-refractivity contribution in [3.8, 4) is 0 Å². The zero-order chi connectivity index (χ0) is 16.3. The summed E-state index contributed by atoms with van der Waals surface area (Å²) < 4.78 is 2.46. The number of anilines is 1. The van der Waals surface area contributed by atoms with Gasteiger partial charge in [-0.1, -0.05) is 47.5 Å². The van der Waals surface area contributed by atoms with E-state index in [0.717, 1.165) is 23.7 Å². The first-order chi connectivity index (χ1) is 10.4. The summed E-state index contributed by atoms with van der Waals surface area (Å²) in [6, 6.07) is 6.51. The maximum absolute atomic E-state index is 4.96. The van der Waals surface area contributed by atoms with Gasteiger partial charge >= 0.3 is 0 Å². The van der Waals surface area contributed by atoms with Crippen LogP contribution in [0.1, 0.15) is 59.7 Å². The number of rotatable bonds is 6. The molecule has 0 saturated carbocycles. The largest absolute Gasteiger partial charge is 0.388 e. The van der Waals surface area contributed by atoms with E-state index >= 15 is 0 Å². The summed E-state index contributed by atoms with van der Waals surface area (Å²) in [5, 5.41) is 3.21. The van der Waals surface area contributed by atoms with Crippen LogP contribution in [0.3, 0.4) is 0 Å². The third-order valence-corrected chi connectivity index (χ3v) is 4.42. The molecule has 1 aromatic carbocycles. The molecule has 0 bridgehead atoms. The summed E-state index contributed by atoms with van der Waals surface area (Å²) in [6.07, 6.45) is 3.76. The molecule has 0 aliphatic rings. The van der Waals surface area contributed by atoms with Crippen LogP contribution in [-0.2, 0) is 12.0 Å². The molecule has 0 saturated heterocycles. The van der Waals surface area contributed by atoms with Crippen molar-refractivity contribution in [1.82, 2.24) is 9.55 Å². The Morgan fingerprint density at radius 3 is 2.50 bits per heavy atom. The molecule has 0 fully saturated rings. The maximum Gasteiger partial charge on any atom is 0.115 e. The van der Waals surface area contributed by atoms with E-state index in [1.165, 1.54) is 30.6 Å². The second-order valence-corrected chi connectivity index (χ2v) is 7.31. The van der Waals surface area contributed by atoms with E-state index in [0.29, 0.717) is 0 Å². The third kappa shape index (κ3) is 3.45. The standard InChI is InChI=1S/C19H31N3/c1-7-9-14(8-2)13-22-17-11-10-15(20-6)12-16(17)21-18(22)19(3,4)5/h10-12,14,20H,7-9,13H2,1-6H3. The fraction of sp³-hybridized carbons (Fsp3) is 0.632. The number of hydrogen-bond donors (Lipinski definition) is 1. The van der Waals surface area contributed by atoms with Crippen LogP contribution in [0, 0.1) is 5.92 Å². The van der Waals surface area contributed by atoms with Crippen LogP contribution >= 0.6 is 0 Å². The molecule has 1 N–H and O–H groups in total. The van der Waals surface area contributed by atoms with E-state index in [1.54, 1.807) is 0 Å². The summed E-state index contributed by atoms with van der Waals surface area (Å²) in [6.45, 7) is 12.4. The van der Waals surface area contributed by atoms with E-state index in [-0.39, 0.29) is 5.41 Å². The molecular formula is C19H31N3. The molecule has 0 amide bonds. The van der Waals surface area contributed by atoms with Gasteiger partial charge in [0.05, 0.1) is 11.0 Å². The first-order valence-corrected chi connectivity index (χ1v) is 8.59. The molecule has 0 spiro atoms. The Labute approximate surface area is 135 Å². The van der Waals surface area contributed by atoms with Crippen molar-refractivity contribution in [3.05, 3.63) is 24.0 Å². The number of fused-ring (bicyclic) bond motifs is 1. The number of benzene rings is 1. The van der Waals surface area contributed by atoms with Crippen molar-refractivity contribution >= 4 is 16.7 Å². The van der Waals surface area contributed by atoms with Crippen molar-refractivity contribution in [2.24, 2.45) is 5.92 Å². The minimum atomic E-state index is 0.0589. The Hall–Kier alpha value is -1.51. The number of nitrogens with zero attached hydrogens (tertiary/aromatic N) is 2. The van der Waals surface area contributed by atoms with Gasteiger partial charge in [-0.3, -0.25) is 0 Å². The van der Waals surface area contributed by atoms with Gasteiger partial charge in [0.15, 0.2) is 0 Å². The average Bonchev–Trinajstić information content (AvgIpc) is 2.84. The third-order valence-electron chi connectivity index (χ3n) is 4.42. The molecule has 0 radical (unpaired) electrons. The number of nitrogens with one attached hydrogen (secondary N) is 1. The highest BCUT2D eigenvalue weighted by Crippen LogP contribution is 2.29. The van der Waals surface area contributed by atoms with Gasteiger partial charge in [-0.2, -0.15) is 0 Å². The van der Waals surface area contributed by atoms with Crippen LogP contribution in [0.5, 0.6) is 0 Å². The van der Waals surface area contributed by atoms with Crippen molar-refractivity contribution in [1.29, 1.82) is 0 Å². The van der Waals surface area contributed by atoms with E-state index in [4.69, 9.17) is 4.98 Å². The molecule has 2 rings (SSSR count). The van der Waals surface area contributed by atoms with Crippen molar-refractivity contribution in [2.75, 3.05) is 12.4 Å². The lowest BCUT2D eigenvalue weighted by Crippen LogP contribution is -2.21. The number of hydrogen-bond acceptors (Lipinski definition) is 2. The van der Waals surface area contributed by atoms with Crippen molar-refractivity contribution in [2.45, 2.75) is 65.8 Å². The molecule has 1 aromatic heterocycles. The topological polar surface area (TPSA) is 29.9 Å². The molecule has 1 atom stereocenters. The molecule has 0 aliphatic heterocycles. The van der Waals surface area contributed by atoms with Gasteiger partial charge in [0.25, 0.3) is 0 Å². The highest BCUT2D eigenvalue weighted by atomic mass is 15.1. The Balaban J connectivity index is 2.53. The monoisotopic (exact) mass is 301 g/mol. The van der Waals surface area contributed by atoms with E-state index in [1.807, 2.05) is 7.05 Å². The first kappa shape index (κ1) is 16.9. The number of aromatic nitrogens is 2. The second-order valence-electron chi connectivity index (χ2n) is 7.31. The smallest absolute Gasteiger partial charge is 0.115 e. The Morgan fingerprint density at radius 2 is 1.95 bits per heavy atom. The summed E-state index contributed by atoms with van der Waals surface area (Å²) in [4.78, 5) is 4.96. The van der Waals surface area contributed by atoms with Crippen LogP contribution < -0.4 is 5.32 Å². The molecule has 1 unspecified atom stereocenters. The lowest BCUT2D eigenvalue weighted by molar-refractivity contribution is 0.382. The van der Waals surface area contributed by atoms with Crippen LogP contribution in [0.15, 0.2) is 18.2 Å². The van der Waals surface area contributed by atoms with Crippen molar-refractivity contribution in [3.63, 3.8) is 0 Å². The maximum atomic E-state index is 4.96. The SMILES string of the molecule is CCCC(CC)Cn1c(C(C)(C)C)nc2cc(NC)ccc21. The van der Waals surface area contributed by atoms with Gasteiger partial charge in [-0.05, 0) is 30.5 Å². The van der Waals surface area contributed by atoms with Crippen LogP contribution in [0.4, 0.5) is 5.69 Å². The van der Waals surface area contributed by atoms with Crippen LogP contribution in [0.2, 0.25) is 0 Å². The van der Waals surface area contributed by atoms with Crippen molar-refractivity contribution < 1.29 is 0 Å². The lowest BCUT2D eigenvalue weighted by atomic mass is 9.94. The Bertz CT molecular complexity index is 619. The van der Waals surface area contributed by atoms with Crippen LogP contribution in [-0.4, -0.2) is 16.6 Å². The van der Waals surface area contributed by atoms with E-state index in [9.17, 15) is 0 Å². The molecular weight excluding hydrogens is 270 g/mol. The first-order valence-electron chi connectivity index (χ1n) is 8.59. The molecule has 2 aromatic rings. The molecule has 3 heteroatoms. The predicted molar refractivity (Wildman–Crippen MR) is 96.7 cm³/mol. The van der Waals surface area contributed by atoms with Crippen LogP contribution in [0.25, 0.3) is 11.0 Å². The Morgan fingerprint density at radius 1 is 1.23 bits per heavy atom. The van der Waals surface area contributed by atoms with Gasteiger partial charge in [0, 0.05) is 24.7 Å². The Kier molecular flexibility index (Phi) is 5.15. The molecule has 3 nitrogen and oxygen atoms in total. The zero-order valence-electron chi connectivity index (χ0n) is 15.0. The van der Waals surface area contributed by atoms with E-state index in [2.05, 4.69) is 62.7 Å². The second kappa shape index (κ2) is 6.72. The predicted octanol–water partition coefficient (Wildman–Crippen LogP) is 5.20. The highest BCUT2D eigenvalue weighted by molar-refractivity contribution is 5.80. The summed E-state index contributed by atoms with van der Waals surface area (Å²) in [5.41, 5.74) is 3.54. The van der Waals surface area contributed by atoms with Gasteiger partial charge in [-0.15, -0.1) is 0 Å². The molecule has 22 heavy (non-hydrogen) atoms. The minimum absolute atomic E-state index is 0.0589. The highest BCUT2D eigenvalue weighted by Gasteiger charge is 2.24. The normalized spacial score (nSPS) is 13.5. The zero-order valence-corrected chi connectivity index (χ0v) is 15.0. The lowest BCUT2D eigenvalue weighted by Gasteiger charge is -2.23. The fourth-order valence-electron chi connectivity index (χ4n) is 3.13. The summed E-state index contributed by atoms with van der Waals surface area (Å²) >= 11 is 0. The summed E-state index contributed by atoms with van der Waals surface area (Å²) in [5.74, 6) is 1.93. The molecule has 122 valence electrons. The molecule has 1 heterocycles. The van der Waals surface area contributed by atoms with E-state index < -0.39 is 0 Å². The average molecular weight is 301 g/mol. The summed E-state index contributed by atoms with van der Waals surface area (Å²) in [7, 11) is 1.96. The van der Waals surface area contributed by atoms with Gasteiger partial charge in [0.1, 0.15) is 5.82 Å². The van der Waals surface area contributed by atoms with Gasteiger partial charge in [0.2, 0.25) is 0 Å². The number of imidazole rings is 1. The minimum Gasteiger partial charge on any atom is -0.388 e. The van der Waals surface area contributed by atoms with Gasteiger partial charge < -0.3 is 9.88 Å². The quantitative estimate of drug-likeness (QED) is 0.794. The van der Waals surface area contributed by atoms with Gasteiger partial charge in [-0.25, -0.2) is 4.98 Å².